The van der Waals surface area contributed by atoms with E-state index in [0.29, 0.717) is 4.47 Å². The largest absolute Gasteiger partial charge is 0.392 e. The molecule has 2 N–H and O–H groups in total. The zero-order chi connectivity index (χ0) is 15.3. The molecule has 0 aliphatic carbocycles. The highest BCUT2D eigenvalue weighted by Gasteiger charge is 2.21. The normalized spacial score (nSPS) is 12.1. The molecular formula is C12H17BrFNO4S. The molecule has 0 radical (unpaired) electrons. The molecule has 0 unspecified atom stereocenters. The van der Waals surface area contributed by atoms with Crippen molar-refractivity contribution in [2.24, 2.45) is 0 Å². The van der Waals surface area contributed by atoms with Gasteiger partial charge in [-0.1, -0.05) is 15.9 Å². The summed E-state index contributed by atoms with van der Waals surface area (Å²) in [4.78, 5) is -0.500. The first-order valence-corrected chi connectivity index (χ1v) is 8.25. The first-order chi connectivity index (χ1) is 9.27. The van der Waals surface area contributed by atoms with Crippen molar-refractivity contribution in [3.63, 3.8) is 0 Å². The highest BCUT2D eigenvalue weighted by molar-refractivity contribution is 9.10. The third-order valence-corrected chi connectivity index (χ3v) is 4.30. The van der Waals surface area contributed by atoms with Gasteiger partial charge in [0.25, 0.3) is 0 Å². The molecule has 5 nitrogen and oxygen atoms in total. The van der Waals surface area contributed by atoms with Crippen molar-refractivity contribution in [2.75, 3.05) is 13.2 Å². The molecule has 0 atom stereocenters. The number of aliphatic hydroxyl groups is 1. The molecule has 0 amide bonds. The van der Waals surface area contributed by atoms with Crippen LogP contribution in [0, 0.1) is 5.82 Å². The average molecular weight is 370 g/mol. The van der Waals surface area contributed by atoms with Crippen molar-refractivity contribution in [3.05, 3.63) is 28.0 Å². The number of benzene rings is 1. The van der Waals surface area contributed by atoms with Gasteiger partial charge in [-0.3, -0.25) is 0 Å². The topological polar surface area (TPSA) is 75.6 Å². The average Bonchev–Trinajstić information content (AvgIpc) is 2.36. The lowest BCUT2D eigenvalue weighted by Gasteiger charge is -2.11. The summed E-state index contributed by atoms with van der Waals surface area (Å²) in [5.41, 5.74) is -0.0850. The summed E-state index contributed by atoms with van der Waals surface area (Å²) in [6, 6.07) is 2.48. The predicted octanol–water partition coefficient (Wildman–Crippen LogP) is 1.78. The number of hydrogen-bond acceptors (Lipinski definition) is 4. The quantitative estimate of drug-likeness (QED) is 0.718. The van der Waals surface area contributed by atoms with Crippen LogP contribution < -0.4 is 4.72 Å². The Morgan fingerprint density at radius 2 is 2.10 bits per heavy atom. The number of halogens is 2. The van der Waals surface area contributed by atoms with E-state index in [0.717, 1.165) is 6.07 Å². The summed E-state index contributed by atoms with van der Waals surface area (Å²) in [6.07, 6.45) is -0.0110. The summed E-state index contributed by atoms with van der Waals surface area (Å²) in [7, 11) is -3.99. The minimum absolute atomic E-state index is 0.0110. The number of sulfonamides is 1. The Morgan fingerprint density at radius 1 is 1.45 bits per heavy atom. The lowest BCUT2D eigenvalue weighted by molar-refractivity contribution is 0.0833. The predicted molar refractivity (Wildman–Crippen MR) is 76.3 cm³/mol. The van der Waals surface area contributed by atoms with E-state index in [1.807, 2.05) is 13.8 Å². The smallest absolute Gasteiger partial charge is 0.243 e. The summed E-state index contributed by atoms with van der Waals surface area (Å²) in [6.45, 7) is 3.32. The standard InChI is InChI=1S/C12H17BrFNO4S/c1-8(2)19-4-3-15-20(17,18)11-6-10(13)5-9(7-16)12(11)14/h5-6,8,15-16H,3-4,7H2,1-2H3. The van der Waals surface area contributed by atoms with Crippen LogP contribution in [0.15, 0.2) is 21.5 Å². The van der Waals surface area contributed by atoms with Crippen molar-refractivity contribution in [1.82, 2.24) is 4.72 Å². The molecule has 0 aliphatic heterocycles. The second-order valence-electron chi connectivity index (χ2n) is 4.35. The van der Waals surface area contributed by atoms with E-state index in [4.69, 9.17) is 9.84 Å². The Bertz CT molecular complexity index is 563. The Kier molecular flexibility index (Phi) is 6.53. The molecule has 1 aromatic rings. The molecule has 0 saturated heterocycles. The van der Waals surface area contributed by atoms with Crippen LogP contribution in [0.25, 0.3) is 0 Å². The van der Waals surface area contributed by atoms with Crippen molar-refractivity contribution in [2.45, 2.75) is 31.5 Å². The molecule has 0 saturated carbocycles. The molecule has 1 aromatic carbocycles. The molecule has 0 aliphatic rings. The summed E-state index contributed by atoms with van der Waals surface area (Å²) < 4.78 is 45.8. The summed E-state index contributed by atoms with van der Waals surface area (Å²) in [5.74, 6) is -0.951. The second kappa shape index (κ2) is 7.46. The van der Waals surface area contributed by atoms with Crippen molar-refractivity contribution in [3.8, 4) is 0 Å². The van der Waals surface area contributed by atoms with Crippen LogP contribution in [0.2, 0.25) is 0 Å². The maximum Gasteiger partial charge on any atom is 0.243 e. The number of rotatable bonds is 7. The molecule has 0 heterocycles. The molecule has 0 aromatic heterocycles. The van der Waals surface area contributed by atoms with Gasteiger partial charge in [0.05, 0.1) is 19.3 Å². The van der Waals surface area contributed by atoms with E-state index in [-0.39, 0.29) is 24.8 Å². The maximum absolute atomic E-state index is 14.0. The van der Waals surface area contributed by atoms with Gasteiger partial charge in [-0.25, -0.2) is 17.5 Å². The van der Waals surface area contributed by atoms with E-state index in [1.165, 1.54) is 6.07 Å². The van der Waals surface area contributed by atoms with Gasteiger partial charge in [-0.15, -0.1) is 0 Å². The number of nitrogens with one attached hydrogen (secondary N) is 1. The van der Waals surface area contributed by atoms with Gasteiger partial charge >= 0.3 is 0 Å². The van der Waals surface area contributed by atoms with E-state index >= 15 is 0 Å². The van der Waals surface area contributed by atoms with Gasteiger partial charge < -0.3 is 9.84 Å². The van der Waals surface area contributed by atoms with Gasteiger partial charge in [0.2, 0.25) is 10.0 Å². The Labute approximate surface area is 126 Å². The van der Waals surface area contributed by atoms with Gasteiger partial charge in [0.1, 0.15) is 10.7 Å². The van der Waals surface area contributed by atoms with Crippen LogP contribution >= 0.6 is 15.9 Å². The molecule has 1 rings (SSSR count). The highest BCUT2D eigenvalue weighted by atomic mass is 79.9. The Hall–Kier alpha value is -0.540. The molecular weight excluding hydrogens is 353 g/mol. The lowest BCUT2D eigenvalue weighted by Crippen LogP contribution is -2.29. The van der Waals surface area contributed by atoms with Gasteiger partial charge in [-0.05, 0) is 26.0 Å². The van der Waals surface area contributed by atoms with Gasteiger partial charge in [0.15, 0.2) is 0 Å². The fourth-order valence-corrected chi connectivity index (χ4v) is 3.29. The monoisotopic (exact) mass is 369 g/mol. The second-order valence-corrected chi connectivity index (χ2v) is 7.00. The number of hydrogen-bond donors (Lipinski definition) is 2. The molecule has 20 heavy (non-hydrogen) atoms. The fourth-order valence-electron chi connectivity index (χ4n) is 1.48. The van der Waals surface area contributed by atoms with Crippen LogP contribution in [0.5, 0.6) is 0 Å². The number of ether oxygens (including phenoxy) is 1. The summed E-state index contributed by atoms with van der Waals surface area (Å²) >= 11 is 3.09. The van der Waals surface area contributed by atoms with Gasteiger partial charge in [-0.2, -0.15) is 0 Å². The first-order valence-electron chi connectivity index (χ1n) is 5.98. The summed E-state index contributed by atoms with van der Waals surface area (Å²) in [5, 5.41) is 9.01. The van der Waals surface area contributed by atoms with Crippen LogP contribution in [-0.2, 0) is 21.4 Å². The zero-order valence-corrected chi connectivity index (χ0v) is 13.6. The molecule has 0 fully saturated rings. The lowest BCUT2D eigenvalue weighted by atomic mass is 10.2. The highest BCUT2D eigenvalue weighted by Crippen LogP contribution is 2.24. The minimum Gasteiger partial charge on any atom is -0.392 e. The molecule has 8 heteroatoms. The van der Waals surface area contributed by atoms with Gasteiger partial charge in [0, 0.05) is 16.6 Å². The van der Waals surface area contributed by atoms with Crippen molar-refractivity contribution >= 4 is 26.0 Å². The van der Waals surface area contributed by atoms with Crippen molar-refractivity contribution in [1.29, 1.82) is 0 Å². The van der Waals surface area contributed by atoms with Crippen molar-refractivity contribution < 1.29 is 22.7 Å². The molecule has 0 spiro atoms. The Morgan fingerprint density at radius 3 is 2.65 bits per heavy atom. The van der Waals surface area contributed by atoms with E-state index in [2.05, 4.69) is 20.7 Å². The molecule has 0 bridgehead atoms. The van der Waals surface area contributed by atoms with E-state index in [9.17, 15) is 12.8 Å². The van der Waals surface area contributed by atoms with Crippen LogP contribution in [0.1, 0.15) is 19.4 Å². The Balaban J connectivity index is 2.90. The minimum atomic E-state index is -3.99. The van der Waals surface area contributed by atoms with Crippen LogP contribution in [0.3, 0.4) is 0 Å². The SMILES string of the molecule is CC(C)OCCNS(=O)(=O)c1cc(Br)cc(CO)c1F. The zero-order valence-electron chi connectivity index (χ0n) is 11.2. The van der Waals surface area contributed by atoms with E-state index in [1.54, 1.807) is 0 Å². The fraction of sp³-hybridized carbons (Fsp3) is 0.500. The van der Waals surface area contributed by atoms with Crippen LogP contribution in [-0.4, -0.2) is 32.8 Å². The molecule has 114 valence electrons. The first kappa shape index (κ1) is 17.5. The van der Waals surface area contributed by atoms with E-state index < -0.39 is 27.3 Å². The number of aliphatic hydroxyl groups excluding tert-OH is 1. The third kappa shape index (κ3) is 4.78. The maximum atomic E-state index is 14.0. The third-order valence-electron chi connectivity index (χ3n) is 2.38. The van der Waals surface area contributed by atoms with Crippen LogP contribution in [0.4, 0.5) is 4.39 Å².